The standard InChI is InChI=1S/C115H83B2N3O/c1-113(2,3)80-66-89(73-38-15-8-16-39-73)110(90(67-80)74-40-17-9-18-41-74)119-102-71-105-99(70-98(102)116-96-56-31-33-58-100(96)118(82-46-23-12-24-47-82)103-63-78(64-104(119)108(103)116)72-36-13-7-14-37-72)117-97-57-32-34-59-101(97)120(111-91(75-42-19-10-20-43-75)68-81(114(4,5)6)69-92(111)76-44-21-11-22-45-76)112-84-61-60-77(62-79(84)65-106(121-105)109(112)117)83-51-35-52-88-87-50-27-30-55-95(87)115(107(83)88)93-53-28-25-48-85(93)86-49-26-29-54-94(86)115/h7-71H,1-6H3/i7D,13D,14D,36D,37D. The van der Waals surface area contributed by atoms with E-state index >= 15 is 0 Å². The van der Waals surface area contributed by atoms with E-state index in [1.165, 1.54) is 50.1 Å². The Labute approximate surface area is 715 Å². The fourth-order valence-electron chi connectivity index (χ4n) is 21.3. The van der Waals surface area contributed by atoms with Gasteiger partial charge in [-0.2, -0.15) is 0 Å². The molecule has 0 aromatic heterocycles. The normalized spacial score (nSPS) is 14.3. The molecule has 0 atom stereocenters. The predicted molar refractivity (Wildman–Crippen MR) is 510 cm³/mol. The molecule has 4 heterocycles. The second-order valence-electron chi connectivity index (χ2n) is 35.3. The largest absolute Gasteiger partial charge is 0.458 e. The summed E-state index contributed by atoms with van der Waals surface area (Å²) in [5, 5.41) is 2.09. The maximum Gasteiger partial charge on any atom is 0.256 e. The van der Waals surface area contributed by atoms with Crippen LogP contribution in [0.25, 0.3) is 99.8 Å². The smallest absolute Gasteiger partial charge is 0.256 e. The average molecular weight is 1550 g/mol. The molecule has 570 valence electrons. The monoisotopic (exact) mass is 1550 g/mol. The minimum atomic E-state index is -0.621. The van der Waals surface area contributed by atoms with Crippen LogP contribution in [0.2, 0.25) is 0 Å². The van der Waals surface area contributed by atoms with Crippen LogP contribution in [0.4, 0.5) is 51.2 Å². The molecule has 6 heteroatoms. The maximum absolute atomic E-state index is 9.92. The van der Waals surface area contributed by atoms with Crippen LogP contribution in [0.3, 0.4) is 0 Å². The Morgan fingerprint density at radius 1 is 0.281 bits per heavy atom. The third kappa shape index (κ3) is 10.5. The van der Waals surface area contributed by atoms with Gasteiger partial charge in [-0.05, 0) is 222 Å². The second kappa shape index (κ2) is 26.8. The lowest BCUT2D eigenvalue weighted by atomic mass is 9.30. The molecule has 4 nitrogen and oxygen atoms in total. The van der Waals surface area contributed by atoms with Gasteiger partial charge in [0, 0.05) is 67.8 Å². The molecule has 0 radical (unpaired) electrons. The van der Waals surface area contributed by atoms with Crippen molar-refractivity contribution in [1.82, 2.24) is 0 Å². The maximum atomic E-state index is 9.92. The Kier molecular flexibility index (Phi) is 14.5. The Hall–Kier alpha value is -14.5. The number of hydrogen-bond acceptors (Lipinski definition) is 4. The molecule has 121 heavy (non-hydrogen) atoms. The van der Waals surface area contributed by atoms with Gasteiger partial charge >= 0.3 is 0 Å². The topological polar surface area (TPSA) is 19.0 Å². The van der Waals surface area contributed by atoms with Crippen LogP contribution < -0.4 is 52.2 Å². The van der Waals surface area contributed by atoms with Gasteiger partial charge in [-0.15, -0.1) is 0 Å². The summed E-state index contributed by atoms with van der Waals surface area (Å²) < 4.78 is 55.9. The van der Waals surface area contributed by atoms with E-state index in [1.807, 2.05) is 6.07 Å². The number of benzene rings is 18. The van der Waals surface area contributed by atoms with E-state index in [-0.39, 0.29) is 28.5 Å². The first-order valence-electron chi connectivity index (χ1n) is 44.8. The van der Waals surface area contributed by atoms with E-state index < -0.39 is 37.0 Å². The van der Waals surface area contributed by atoms with E-state index in [0.717, 1.165) is 162 Å². The first-order chi connectivity index (χ1) is 61.4. The van der Waals surface area contributed by atoms with Crippen molar-refractivity contribution >= 4 is 108 Å². The molecule has 18 aromatic rings. The highest BCUT2D eigenvalue weighted by molar-refractivity contribution is 7.02. The molecule has 6 aliphatic rings. The van der Waals surface area contributed by atoms with Gasteiger partial charge in [0.15, 0.2) is 0 Å². The van der Waals surface area contributed by atoms with Crippen molar-refractivity contribution in [3.8, 4) is 101 Å². The predicted octanol–water partition coefficient (Wildman–Crippen LogP) is 26.3. The number of ether oxygens (including phenoxy) is 1. The van der Waals surface area contributed by atoms with E-state index in [4.69, 9.17) is 6.11 Å². The number of para-hydroxylation sites is 3. The fraction of sp³-hybridized carbons (Fsp3) is 0.0783. The summed E-state index contributed by atoms with van der Waals surface area (Å²) in [6.07, 6.45) is 0. The molecule has 0 saturated carbocycles. The molecule has 0 N–H and O–H groups in total. The van der Waals surface area contributed by atoms with Gasteiger partial charge in [-0.3, -0.25) is 0 Å². The van der Waals surface area contributed by atoms with Gasteiger partial charge in [0.1, 0.15) is 11.5 Å². The SMILES string of the molecule is [2H]c1c([2H])c([2H])c(-c2cc3c4c(c2)N(c2c(-c5ccccc5)cc(C(C)(C)C)cc2-c2ccccc2)c2cc5c(cc2B4c2ccccc2N3c2ccccc2)B2c3ccccc3N(c3c(-c4ccccc4)cc(C(C)(C)C)cc3-c3ccccc3)c3c2c(cc2cc(-c4cccc6c4C4(c7ccccc7-c7ccccc74)c4ccccc4-6)ccc32)O5)c([2H])c1[2H]. The van der Waals surface area contributed by atoms with Crippen molar-refractivity contribution < 1.29 is 11.6 Å². The van der Waals surface area contributed by atoms with Gasteiger partial charge in [-0.1, -0.05) is 357 Å². The van der Waals surface area contributed by atoms with Crippen LogP contribution in [0.1, 0.15) is 81.8 Å². The van der Waals surface area contributed by atoms with Crippen LogP contribution in [-0.2, 0) is 16.2 Å². The minimum Gasteiger partial charge on any atom is -0.458 e. The molecule has 0 saturated heterocycles. The summed E-state index contributed by atoms with van der Waals surface area (Å²) in [6, 6.07) is 133. The Morgan fingerprint density at radius 2 is 0.719 bits per heavy atom. The summed E-state index contributed by atoms with van der Waals surface area (Å²) in [5.41, 5.74) is 37.2. The second-order valence-corrected chi connectivity index (χ2v) is 35.3. The Balaban J connectivity index is 0.833. The quantitative estimate of drug-likeness (QED) is 0.134. The Bertz CT molecular complexity index is 7460. The highest BCUT2D eigenvalue weighted by Gasteiger charge is 2.54. The molecule has 18 aromatic carbocycles. The summed E-state index contributed by atoms with van der Waals surface area (Å²) in [5.74, 6) is 1.43. The van der Waals surface area contributed by atoms with Gasteiger partial charge in [0.2, 0.25) is 0 Å². The highest BCUT2D eigenvalue weighted by atomic mass is 16.5. The molecule has 0 amide bonds. The van der Waals surface area contributed by atoms with E-state index in [2.05, 4.69) is 414 Å². The fourth-order valence-corrected chi connectivity index (χ4v) is 21.3. The lowest BCUT2D eigenvalue weighted by molar-refractivity contribution is 0.488. The average Bonchev–Trinajstić information content (AvgIpc) is 1.51. The van der Waals surface area contributed by atoms with Gasteiger partial charge in [0.05, 0.1) is 29.3 Å². The van der Waals surface area contributed by atoms with Crippen molar-refractivity contribution in [2.75, 3.05) is 14.7 Å². The summed E-state index contributed by atoms with van der Waals surface area (Å²) in [4.78, 5) is 7.42. The van der Waals surface area contributed by atoms with Crippen molar-refractivity contribution in [1.29, 1.82) is 0 Å². The van der Waals surface area contributed by atoms with E-state index in [1.54, 1.807) is 0 Å². The zero-order valence-electron chi connectivity index (χ0n) is 73.0. The lowest BCUT2D eigenvalue weighted by Gasteiger charge is -2.46. The van der Waals surface area contributed by atoms with Gasteiger partial charge in [-0.25, -0.2) is 0 Å². The van der Waals surface area contributed by atoms with Crippen LogP contribution in [0, 0.1) is 0 Å². The number of rotatable bonds is 9. The highest BCUT2D eigenvalue weighted by Crippen LogP contribution is 2.65. The zero-order valence-corrected chi connectivity index (χ0v) is 68.0. The third-order valence-electron chi connectivity index (χ3n) is 26.6. The van der Waals surface area contributed by atoms with Crippen LogP contribution in [0.5, 0.6) is 11.5 Å². The molecule has 2 aliphatic carbocycles. The van der Waals surface area contributed by atoms with Crippen molar-refractivity contribution in [2.45, 2.75) is 57.8 Å². The molecule has 0 unspecified atom stereocenters. The lowest BCUT2D eigenvalue weighted by Crippen LogP contribution is -2.64. The molecule has 4 aliphatic heterocycles. The summed E-state index contributed by atoms with van der Waals surface area (Å²) >= 11 is 0. The van der Waals surface area contributed by atoms with Gasteiger partial charge in [0.25, 0.3) is 13.4 Å². The van der Waals surface area contributed by atoms with Crippen molar-refractivity contribution in [3.05, 3.63) is 428 Å². The molecule has 0 fully saturated rings. The first-order valence-corrected chi connectivity index (χ1v) is 42.3. The zero-order chi connectivity index (χ0) is 85.1. The van der Waals surface area contributed by atoms with Crippen molar-refractivity contribution in [2.24, 2.45) is 0 Å². The molecule has 24 rings (SSSR count). The minimum absolute atomic E-state index is 0.109. The van der Waals surface area contributed by atoms with E-state index in [0.29, 0.717) is 11.3 Å². The Morgan fingerprint density at radius 3 is 1.25 bits per heavy atom. The van der Waals surface area contributed by atoms with Crippen LogP contribution in [0.15, 0.2) is 394 Å². The summed E-state index contributed by atoms with van der Waals surface area (Å²) in [6.45, 7) is 12.9. The molecule has 0 bridgehead atoms. The van der Waals surface area contributed by atoms with Crippen LogP contribution in [-0.4, -0.2) is 13.4 Å². The number of hydrogen-bond donors (Lipinski definition) is 0. The molecular formula is C115H83B2N3O. The number of anilines is 9. The first kappa shape index (κ1) is 65.6. The molecule has 1 spiro atoms. The number of fused-ring (bicyclic) bond motifs is 20. The van der Waals surface area contributed by atoms with Gasteiger partial charge < -0.3 is 19.4 Å². The molecular weight excluding hydrogens is 1460 g/mol. The summed E-state index contributed by atoms with van der Waals surface area (Å²) in [7, 11) is 0. The third-order valence-corrected chi connectivity index (χ3v) is 26.6. The van der Waals surface area contributed by atoms with Crippen LogP contribution >= 0.6 is 0 Å². The van der Waals surface area contributed by atoms with Crippen molar-refractivity contribution in [3.63, 3.8) is 0 Å². The van der Waals surface area contributed by atoms with E-state index in [9.17, 15) is 5.48 Å². The number of nitrogens with zero attached hydrogens (tertiary/aromatic N) is 3.